The lowest BCUT2D eigenvalue weighted by molar-refractivity contribution is -0.106. The predicted octanol–water partition coefficient (Wildman–Crippen LogP) is 3.32. The molecule has 2 fully saturated rings. The van der Waals surface area contributed by atoms with Crippen molar-refractivity contribution in [3.63, 3.8) is 0 Å². The molecule has 1 aliphatic carbocycles. The van der Waals surface area contributed by atoms with Crippen LogP contribution in [0.25, 0.3) is 0 Å². The molecule has 3 unspecified atom stereocenters. The third kappa shape index (κ3) is 3.41. The molecule has 0 spiro atoms. The third-order valence-electron chi connectivity index (χ3n) is 5.07. The molecule has 1 saturated carbocycles. The molecule has 0 bridgehead atoms. The second kappa shape index (κ2) is 6.81. The largest absolute Gasteiger partial charge is 0.377 e. The average molecular weight is 380 g/mol. The summed E-state index contributed by atoms with van der Waals surface area (Å²) in [6.07, 6.45) is 1.55. The summed E-state index contributed by atoms with van der Waals surface area (Å²) in [4.78, 5) is 4.75. The summed E-state index contributed by atoms with van der Waals surface area (Å²) in [6.45, 7) is 9.11. The smallest absolute Gasteiger partial charge is 0.191 e. The van der Waals surface area contributed by atoms with Gasteiger partial charge in [0.05, 0.1) is 12.6 Å². The van der Waals surface area contributed by atoms with Gasteiger partial charge < -0.3 is 15.4 Å². The van der Waals surface area contributed by atoms with Gasteiger partial charge in [0.1, 0.15) is 0 Å². The zero-order valence-corrected chi connectivity index (χ0v) is 15.7. The lowest BCUT2D eigenvalue weighted by atomic mass is 9.57. The number of benzene rings is 1. The molecule has 1 saturated heterocycles. The van der Waals surface area contributed by atoms with Gasteiger partial charge in [-0.15, -0.1) is 0 Å². The van der Waals surface area contributed by atoms with E-state index in [2.05, 4.69) is 71.6 Å². The van der Waals surface area contributed by atoms with E-state index in [1.165, 1.54) is 5.56 Å². The normalized spacial score (nSPS) is 28.9. The van der Waals surface area contributed by atoms with Crippen LogP contribution in [-0.4, -0.2) is 31.3 Å². The Morgan fingerprint density at radius 2 is 2.09 bits per heavy atom. The summed E-state index contributed by atoms with van der Waals surface area (Å²) in [5, 5.41) is 7.02. The van der Waals surface area contributed by atoms with Crippen molar-refractivity contribution in [2.45, 2.75) is 45.9 Å². The first-order chi connectivity index (χ1) is 11.0. The highest BCUT2D eigenvalue weighted by Gasteiger charge is 2.59. The Labute approximate surface area is 147 Å². The van der Waals surface area contributed by atoms with Crippen molar-refractivity contribution in [1.82, 2.24) is 10.6 Å². The molecule has 3 rings (SSSR count). The van der Waals surface area contributed by atoms with Crippen molar-refractivity contribution in [3.8, 4) is 0 Å². The van der Waals surface area contributed by atoms with Crippen molar-refractivity contribution in [2.75, 3.05) is 13.2 Å². The summed E-state index contributed by atoms with van der Waals surface area (Å²) < 4.78 is 6.97. The molecular formula is C18H26BrN3O. The molecule has 2 aliphatic rings. The molecule has 1 aromatic carbocycles. The molecule has 23 heavy (non-hydrogen) atoms. The molecule has 0 amide bonds. The third-order valence-corrected chi connectivity index (χ3v) is 5.60. The first-order valence-corrected chi connectivity index (χ1v) is 9.22. The minimum absolute atomic E-state index is 0.162. The van der Waals surface area contributed by atoms with Gasteiger partial charge in [-0.05, 0) is 31.0 Å². The zero-order valence-electron chi connectivity index (χ0n) is 14.1. The Morgan fingerprint density at radius 1 is 1.35 bits per heavy atom. The van der Waals surface area contributed by atoms with Crippen molar-refractivity contribution < 1.29 is 4.74 Å². The van der Waals surface area contributed by atoms with E-state index in [1.807, 2.05) is 0 Å². The predicted molar refractivity (Wildman–Crippen MR) is 97.5 cm³/mol. The van der Waals surface area contributed by atoms with Crippen LogP contribution in [0.15, 0.2) is 33.7 Å². The molecule has 5 heteroatoms. The van der Waals surface area contributed by atoms with Gasteiger partial charge in [-0.1, -0.05) is 41.9 Å². The van der Waals surface area contributed by atoms with Gasteiger partial charge in [0.15, 0.2) is 5.96 Å². The van der Waals surface area contributed by atoms with E-state index in [1.54, 1.807) is 0 Å². The van der Waals surface area contributed by atoms with Crippen molar-refractivity contribution >= 4 is 21.9 Å². The molecule has 126 valence electrons. The number of fused-ring (bicyclic) bond motifs is 1. The number of nitrogens with zero attached hydrogens (tertiary/aromatic N) is 1. The van der Waals surface area contributed by atoms with Crippen molar-refractivity contribution in [3.05, 3.63) is 34.3 Å². The summed E-state index contributed by atoms with van der Waals surface area (Å²) in [6, 6.07) is 8.75. The Bertz CT molecular complexity index is 570. The maximum absolute atomic E-state index is 5.87. The molecule has 2 N–H and O–H groups in total. The van der Waals surface area contributed by atoms with Crippen molar-refractivity contribution in [1.29, 1.82) is 0 Å². The highest BCUT2D eigenvalue weighted by molar-refractivity contribution is 9.10. The van der Waals surface area contributed by atoms with Crippen LogP contribution >= 0.6 is 15.9 Å². The highest BCUT2D eigenvalue weighted by Crippen LogP contribution is 2.52. The van der Waals surface area contributed by atoms with Crippen LogP contribution in [0.5, 0.6) is 0 Å². The Hall–Kier alpha value is -1.07. The first kappa shape index (κ1) is 16.8. The second-order valence-corrected chi connectivity index (χ2v) is 7.92. The minimum atomic E-state index is 0.162. The molecule has 1 aliphatic heterocycles. The van der Waals surface area contributed by atoms with E-state index < -0.39 is 0 Å². The van der Waals surface area contributed by atoms with Crippen LogP contribution in [0.2, 0.25) is 0 Å². The summed E-state index contributed by atoms with van der Waals surface area (Å²) in [7, 11) is 0. The summed E-state index contributed by atoms with van der Waals surface area (Å²) in [5.74, 6) is 1.51. The van der Waals surface area contributed by atoms with Gasteiger partial charge in [-0.25, -0.2) is 4.99 Å². The van der Waals surface area contributed by atoms with E-state index in [-0.39, 0.29) is 5.41 Å². The number of aliphatic imine (C=N–C) groups is 1. The first-order valence-electron chi connectivity index (χ1n) is 8.43. The molecular weight excluding hydrogens is 354 g/mol. The monoisotopic (exact) mass is 379 g/mol. The SMILES string of the molecule is CCNC(=NCc1ccc(Br)cc1)NC1C2CCOC2C1(C)C. The topological polar surface area (TPSA) is 45.7 Å². The molecule has 4 nitrogen and oxygen atoms in total. The van der Waals surface area contributed by atoms with Crippen LogP contribution in [0.3, 0.4) is 0 Å². The Balaban J connectivity index is 1.66. The number of hydrogen-bond donors (Lipinski definition) is 2. The quantitative estimate of drug-likeness (QED) is 0.622. The summed E-state index contributed by atoms with van der Waals surface area (Å²) >= 11 is 3.47. The van der Waals surface area contributed by atoms with E-state index in [0.29, 0.717) is 24.6 Å². The Kier molecular flexibility index (Phi) is 4.97. The van der Waals surface area contributed by atoms with E-state index in [0.717, 1.165) is 30.0 Å². The van der Waals surface area contributed by atoms with E-state index >= 15 is 0 Å². The lowest BCUT2D eigenvalue weighted by Gasteiger charge is -2.54. The van der Waals surface area contributed by atoms with Gasteiger partial charge in [-0.3, -0.25) is 0 Å². The van der Waals surface area contributed by atoms with Gasteiger partial charge in [0.2, 0.25) is 0 Å². The fraction of sp³-hybridized carbons (Fsp3) is 0.611. The average Bonchev–Trinajstić information content (AvgIpc) is 2.98. The Morgan fingerprint density at radius 3 is 2.78 bits per heavy atom. The number of guanidine groups is 1. The number of nitrogens with one attached hydrogen (secondary N) is 2. The number of hydrogen-bond acceptors (Lipinski definition) is 2. The molecule has 0 aromatic heterocycles. The number of ether oxygens (including phenoxy) is 1. The fourth-order valence-corrected chi connectivity index (χ4v) is 4.11. The molecule has 0 radical (unpaired) electrons. The van der Waals surface area contributed by atoms with Gasteiger partial charge in [0, 0.05) is 35.0 Å². The lowest BCUT2D eigenvalue weighted by Crippen LogP contribution is -2.67. The molecule has 3 atom stereocenters. The van der Waals surface area contributed by atoms with Gasteiger partial charge in [-0.2, -0.15) is 0 Å². The van der Waals surface area contributed by atoms with Crippen LogP contribution in [-0.2, 0) is 11.3 Å². The van der Waals surface area contributed by atoms with Crippen LogP contribution < -0.4 is 10.6 Å². The number of halogens is 1. The second-order valence-electron chi connectivity index (χ2n) is 7.01. The van der Waals surface area contributed by atoms with Gasteiger partial charge >= 0.3 is 0 Å². The zero-order chi connectivity index (χ0) is 16.4. The number of rotatable bonds is 4. The van der Waals surface area contributed by atoms with Crippen LogP contribution in [0.4, 0.5) is 0 Å². The van der Waals surface area contributed by atoms with E-state index in [4.69, 9.17) is 9.73 Å². The molecule has 1 heterocycles. The van der Waals surface area contributed by atoms with Gasteiger partial charge in [0.25, 0.3) is 0 Å². The highest BCUT2D eigenvalue weighted by atomic mass is 79.9. The van der Waals surface area contributed by atoms with Crippen LogP contribution in [0.1, 0.15) is 32.8 Å². The maximum Gasteiger partial charge on any atom is 0.191 e. The standard InChI is InChI=1S/C18H26BrN3O/c1-4-20-17(21-11-12-5-7-13(19)8-6-12)22-15-14-9-10-23-16(14)18(15,2)3/h5-8,14-16H,4,9-11H2,1-3H3,(H2,20,21,22). The summed E-state index contributed by atoms with van der Waals surface area (Å²) in [5.41, 5.74) is 1.37. The minimum Gasteiger partial charge on any atom is -0.377 e. The van der Waals surface area contributed by atoms with Crippen molar-refractivity contribution in [2.24, 2.45) is 16.3 Å². The van der Waals surface area contributed by atoms with Crippen LogP contribution in [0, 0.1) is 11.3 Å². The van der Waals surface area contributed by atoms with E-state index in [9.17, 15) is 0 Å². The molecule has 1 aromatic rings. The maximum atomic E-state index is 5.87. The fourth-order valence-electron chi connectivity index (χ4n) is 3.84.